The zero-order valence-electron chi connectivity index (χ0n) is 18.7. The summed E-state index contributed by atoms with van der Waals surface area (Å²) in [6.07, 6.45) is 6.46. The molecule has 0 saturated carbocycles. The number of aliphatic hydroxyl groups excluding tert-OH is 1. The van der Waals surface area contributed by atoms with Crippen LogP contribution in [-0.2, 0) is 17.8 Å². The molecule has 0 amide bonds. The van der Waals surface area contributed by atoms with Crippen LogP contribution in [0.4, 0.5) is 0 Å². The molecule has 162 valence electrons. The Kier molecular flexibility index (Phi) is 9.85. The Labute approximate surface area is 182 Å². The maximum absolute atomic E-state index is 10.8. The van der Waals surface area contributed by atoms with Gasteiger partial charge in [0.25, 0.3) is 0 Å². The van der Waals surface area contributed by atoms with Gasteiger partial charge in [-0.25, -0.2) is 0 Å². The molecule has 1 N–H and O–H groups in total. The van der Waals surface area contributed by atoms with E-state index in [1.54, 1.807) is 13.2 Å². The first-order valence-corrected chi connectivity index (χ1v) is 10.7. The van der Waals surface area contributed by atoms with Gasteiger partial charge in [0.1, 0.15) is 5.75 Å². The fraction of sp³-hybridized carbons (Fsp3) is 0.407. The molecule has 0 radical (unpaired) electrons. The molecule has 0 aliphatic heterocycles. The van der Waals surface area contributed by atoms with Crippen molar-refractivity contribution < 1.29 is 14.6 Å². The van der Waals surface area contributed by atoms with Crippen molar-refractivity contribution in [2.24, 2.45) is 17.8 Å². The lowest BCUT2D eigenvalue weighted by atomic mass is 9.84. The molecule has 3 nitrogen and oxygen atoms in total. The summed E-state index contributed by atoms with van der Waals surface area (Å²) in [4.78, 5) is 0. The fourth-order valence-electron chi connectivity index (χ4n) is 3.65. The Bertz CT molecular complexity index is 766. The van der Waals surface area contributed by atoms with E-state index < -0.39 is 6.10 Å². The maximum Gasteiger partial charge on any atom is 0.118 e. The van der Waals surface area contributed by atoms with Gasteiger partial charge in [-0.05, 0) is 29.7 Å². The van der Waals surface area contributed by atoms with Gasteiger partial charge in [0.15, 0.2) is 0 Å². The zero-order chi connectivity index (χ0) is 21.9. The van der Waals surface area contributed by atoms with Crippen LogP contribution < -0.4 is 4.74 Å². The number of allylic oxidation sites excluding steroid dienone is 1. The Balaban J connectivity index is 2.08. The normalized spacial score (nSPS) is 16.6. The molecule has 0 aliphatic carbocycles. The summed E-state index contributed by atoms with van der Waals surface area (Å²) < 4.78 is 11.6. The van der Waals surface area contributed by atoms with Crippen LogP contribution in [0.25, 0.3) is 0 Å². The third-order valence-electron chi connectivity index (χ3n) is 5.72. The van der Waals surface area contributed by atoms with Gasteiger partial charge < -0.3 is 14.6 Å². The molecule has 0 unspecified atom stereocenters. The minimum atomic E-state index is -0.506. The molecule has 3 heteroatoms. The van der Waals surface area contributed by atoms with Gasteiger partial charge in [0.05, 0.1) is 25.9 Å². The predicted octanol–water partition coefficient (Wildman–Crippen LogP) is 5.83. The van der Waals surface area contributed by atoms with Gasteiger partial charge in [-0.15, -0.1) is 6.58 Å². The fourth-order valence-corrected chi connectivity index (χ4v) is 3.65. The largest absolute Gasteiger partial charge is 0.497 e. The first-order chi connectivity index (χ1) is 14.5. The topological polar surface area (TPSA) is 38.7 Å². The lowest BCUT2D eigenvalue weighted by Crippen LogP contribution is -2.38. The molecule has 2 aromatic carbocycles. The van der Waals surface area contributed by atoms with Crippen LogP contribution in [-0.4, -0.2) is 24.4 Å². The van der Waals surface area contributed by atoms with Gasteiger partial charge >= 0.3 is 0 Å². The lowest BCUT2D eigenvalue weighted by Gasteiger charge is -2.33. The smallest absolute Gasteiger partial charge is 0.118 e. The third kappa shape index (κ3) is 7.16. The summed E-state index contributed by atoms with van der Waals surface area (Å²) in [6, 6.07) is 18.3. The Hall–Kier alpha value is -2.36. The minimum Gasteiger partial charge on any atom is -0.497 e. The van der Waals surface area contributed by atoms with E-state index in [1.165, 1.54) is 5.56 Å². The molecular weight excluding hydrogens is 372 g/mol. The number of hydrogen-bond acceptors (Lipinski definition) is 3. The summed E-state index contributed by atoms with van der Waals surface area (Å²) in [7, 11) is 1.66. The van der Waals surface area contributed by atoms with E-state index in [1.807, 2.05) is 37.3 Å². The van der Waals surface area contributed by atoms with Crippen LogP contribution in [0, 0.1) is 17.8 Å². The number of rotatable bonds is 12. The molecule has 0 bridgehead atoms. The van der Waals surface area contributed by atoms with Crippen LogP contribution in [0.2, 0.25) is 0 Å². The van der Waals surface area contributed by atoms with Gasteiger partial charge in [-0.2, -0.15) is 0 Å². The summed E-state index contributed by atoms with van der Waals surface area (Å²) in [6.45, 7) is 10.5. The van der Waals surface area contributed by atoms with E-state index in [4.69, 9.17) is 9.47 Å². The molecule has 0 heterocycles. The highest BCUT2D eigenvalue weighted by Crippen LogP contribution is 2.27. The molecule has 0 aromatic heterocycles. The van der Waals surface area contributed by atoms with Crippen molar-refractivity contribution in [1.82, 2.24) is 0 Å². The van der Waals surface area contributed by atoms with Gasteiger partial charge in [0.2, 0.25) is 0 Å². The Morgan fingerprint density at radius 3 is 2.20 bits per heavy atom. The van der Waals surface area contributed by atoms with E-state index in [-0.39, 0.29) is 23.9 Å². The Morgan fingerprint density at radius 1 is 0.933 bits per heavy atom. The molecular formula is C27H36O3. The van der Waals surface area contributed by atoms with Crippen LogP contribution in [0.1, 0.15) is 31.9 Å². The number of benzene rings is 2. The van der Waals surface area contributed by atoms with E-state index >= 15 is 0 Å². The first-order valence-electron chi connectivity index (χ1n) is 10.7. The summed E-state index contributed by atoms with van der Waals surface area (Å²) in [5, 5.41) is 10.8. The van der Waals surface area contributed by atoms with Crippen molar-refractivity contribution in [3.05, 3.63) is 90.5 Å². The second-order valence-corrected chi connectivity index (χ2v) is 8.05. The van der Waals surface area contributed by atoms with Crippen LogP contribution >= 0.6 is 0 Å². The SMILES string of the molecule is C=C[C@H](C)[C@H](O)[C@@H](C)[C@@H](OCc1ccc(OC)cc1)[C@@H](C)/C=C/Cc1ccccc1. The van der Waals surface area contributed by atoms with Crippen LogP contribution in [0.3, 0.4) is 0 Å². The Morgan fingerprint density at radius 2 is 1.60 bits per heavy atom. The number of aliphatic hydroxyl groups is 1. The van der Waals surface area contributed by atoms with Crippen molar-refractivity contribution in [3.63, 3.8) is 0 Å². The highest BCUT2D eigenvalue weighted by atomic mass is 16.5. The molecule has 2 rings (SSSR count). The van der Waals surface area contributed by atoms with Crippen molar-refractivity contribution in [1.29, 1.82) is 0 Å². The summed E-state index contributed by atoms with van der Waals surface area (Å²) in [5.74, 6) is 0.963. The molecule has 5 atom stereocenters. The highest BCUT2D eigenvalue weighted by molar-refractivity contribution is 5.26. The molecule has 0 aliphatic rings. The second kappa shape index (κ2) is 12.4. The second-order valence-electron chi connectivity index (χ2n) is 8.05. The summed E-state index contributed by atoms with van der Waals surface area (Å²) in [5.41, 5.74) is 2.37. The molecule has 0 saturated heterocycles. The monoisotopic (exact) mass is 408 g/mol. The minimum absolute atomic E-state index is 0.00702. The quantitative estimate of drug-likeness (QED) is 0.449. The van der Waals surface area contributed by atoms with E-state index in [2.05, 4.69) is 56.8 Å². The molecule has 0 spiro atoms. The van der Waals surface area contributed by atoms with E-state index in [9.17, 15) is 5.11 Å². The summed E-state index contributed by atoms with van der Waals surface area (Å²) >= 11 is 0. The maximum atomic E-state index is 10.8. The molecule has 2 aromatic rings. The molecule has 0 fully saturated rings. The predicted molar refractivity (Wildman–Crippen MR) is 125 cm³/mol. The third-order valence-corrected chi connectivity index (χ3v) is 5.72. The van der Waals surface area contributed by atoms with Crippen molar-refractivity contribution >= 4 is 0 Å². The lowest BCUT2D eigenvalue weighted by molar-refractivity contribution is -0.0639. The zero-order valence-corrected chi connectivity index (χ0v) is 18.7. The first kappa shape index (κ1) is 23.9. The number of ether oxygens (including phenoxy) is 2. The highest BCUT2D eigenvalue weighted by Gasteiger charge is 2.30. The molecule has 30 heavy (non-hydrogen) atoms. The van der Waals surface area contributed by atoms with E-state index in [0.29, 0.717) is 6.61 Å². The van der Waals surface area contributed by atoms with Gasteiger partial charge in [0, 0.05) is 17.8 Å². The average Bonchev–Trinajstić information content (AvgIpc) is 2.79. The average molecular weight is 409 g/mol. The number of hydrogen-bond donors (Lipinski definition) is 1. The van der Waals surface area contributed by atoms with Crippen molar-refractivity contribution in [2.45, 2.75) is 46.0 Å². The van der Waals surface area contributed by atoms with E-state index in [0.717, 1.165) is 17.7 Å². The van der Waals surface area contributed by atoms with Gasteiger partial charge in [-0.1, -0.05) is 81.5 Å². The van der Waals surface area contributed by atoms with Crippen LogP contribution in [0.15, 0.2) is 79.4 Å². The van der Waals surface area contributed by atoms with Crippen molar-refractivity contribution in [2.75, 3.05) is 7.11 Å². The standard InChI is InChI=1S/C27H36O3/c1-6-20(2)26(28)22(4)27(30-19-24-15-17-25(29-5)18-16-24)21(3)11-10-14-23-12-8-7-9-13-23/h6-13,15-18,20-22,26-28H,1,14,19H2,2-5H3/b11-10+/t20-,21-,22+,26-,27-/m0/s1. The van der Waals surface area contributed by atoms with Crippen LogP contribution in [0.5, 0.6) is 5.75 Å². The number of methoxy groups -OCH3 is 1. The van der Waals surface area contributed by atoms with Crippen molar-refractivity contribution in [3.8, 4) is 5.75 Å². The van der Waals surface area contributed by atoms with Gasteiger partial charge in [-0.3, -0.25) is 0 Å².